The topological polar surface area (TPSA) is 63.5 Å². The lowest BCUT2D eigenvalue weighted by Crippen LogP contribution is -2.39. The van der Waals surface area contributed by atoms with Crippen LogP contribution in [0.4, 0.5) is 0 Å². The zero-order chi connectivity index (χ0) is 17.5. The van der Waals surface area contributed by atoms with E-state index in [4.69, 9.17) is 9.47 Å². The number of carbonyl (C=O) groups excluding carboxylic acids is 1. The van der Waals surface area contributed by atoms with Crippen LogP contribution < -0.4 is 9.84 Å². The third kappa shape index (κ3) is 4.86. The smallest absolute Gasteiger partial charge is 0.119 e. The van der Waals surface area contributed by atoms with E-state index in [1.54, 1.807) is 6.92 Å². The summed E-state index contributed by atoms with van der Waals surface area (Å²) in [6.07, 6.45) is -0.625. The van der Waals surface area contributed by atoms with Crippen molar-refractivity contribution in [2.45, 2.75) is 39.8 Å². The molecule has 0 bridgehead atoms. The Morgan fingerprint density at radius 1 is 1.12 bits per heavy atom. The van der Waals surface area contributed by atoms with Crippen molar-refractivity contribution in [3.8, 4) is 5.75 Å². The molecule has 1 aromatic carbocycles. The first kappa shape index (κ1) is 18.1. The van der Waals surface area contributed by atoms with E-state index in [1.165, 1.54) is 11.4 Å². The second-order valence-corrected chi connectivity index (χ2v) is 5.73. The van der Waals surface area contributed by atoms with Crippen molar-refractivity contribution < 1.29 is 19.4 Å². The number of aryl methyl sites for hydroxylation is 2. The molecular formula is C19H24NO4-. The van der Waals surface area contributed by atoms with Crippen LogP contribution in [0.1, 0.15) is 23.9 Å². The van der Waals surface area contributed by atoms with Gasteiger partial charge in [-0.15, -0.1) is 0 Å². The van der Waals surface area contributed by atoms with Crippen LogP contribution in [0.25, 0.3) is 0 Å². The van der Waals surface area contributed by atoms with Crippen LogP contribution in [-0.2, 0) is 22.5 Å². The Labute approximate surface area is 142 Å². The fraction of sp³-hybridized carbons (Fsp3) is 0.421. The molecule has 0 amide bonds. The number of hydrogen-bond donors (Lipinski definition) is 0. The lowest BCUT2D eigenvalue weighted by molar-refractivity contribution is -0.316. The predicted octanol–water partition coefficient (Wildman–Crippen LogP) is 1.88. The van der Waals surface area contributed by atoms with Crippen molar-refractivity contribution >= 4 is 5.97 Å². The van der Waals surface area contributed by atoms with Crippen molar-refractivity contribution in [1.82, 2.24) is 4.57 Å². The summed E-state index contributed by atoms with van der Waals surface area (Å²) in [5, 5.41) is 11.0. The van der Waals surface area contributed by atoms with Crippen molar-refractivity contribution in [2.24, 2.45) is 0 Å². The number of carbonyl (C=O) groups is 1. The summed E-state index contributed by atoms with van der Waals surface area (Å²) in [5.41, 5.74) is 3.31. The quantitative estimate of drug-likeness (QED) is 0.704. The van der Waals surface area contributed by atoms with Crippen molar-refractivity contribution in [3.05, 3.63) is 53.3 Å². The number of rotatable bonds is 9. The Kier molecular flexibility index (Phi) is 6.44. The number of ether oxygens (including phenoxy) is 2. The number of carboxylic acid groups (broad SMARTS) is 1. The predicted molar refractivity (Wildman–Crippen MR) is 90.0 cm³/mol. The Balaban J connectivity index is 1.86. The molecular weight excluding hydrogens is 306 g/mol. The van der Waals surface area contributed by atoms with E-state index in [2.05, 4.69) is 30.5 Å². The van der Waals surface area contributed by atoms with E-state index in [9.17, 15) is 9.90 Å². The van der Waals surface area contributed by atoms with Crippen LogP contribution in [0.15, 0.2) is 36.4 Å². The van der Waals surface area contributed by atoms with Gasteiger partial charge in [0.2, 0.25) is 0 Å². The molecule has 1 heterocycles. The van der Waals surface area contributed by atoms with Crippen molar-refractivity contribution in [1.29, 1.82) is 0 Å². The summed E-state index contributed by atoms with van der Waals surface area (Å²) < 4.78 is 13.1. The Morgan fingerprint density at radius 3 is 2.29 bits per heavy atom. The van der Waals surface area contributed by atoms with E-state index in [1.807, 2.05) is 24.3 Å². The molecule has 0 N–H and O–H groups in total. The fourth-order valence-corrected chi connectivity index (χ4v) is 2.65. The van der Waals surface area contributed by atoms with E-state index >= 15 is 0 Å². The maximum absolute atomic E-state index is 11.0. The normalized spacial score (nSPS) is 12.1. The summed E-state index contributed by atoms with van der Waals surface area (Å²) >= 11 is 0. The molecule has 0 aliphatic heterocycles. The largest absolute Gasteiger partial charge is 0.547 e. The van der Waals surface area contributed by atoms with Gasteiger partial charge in [-0.1, -0.05) is 12.1 Å². The van der Waals surface area contributed by atoms with Gasteiger partial charge in [0.25, 0.3) is 0 Å². The van der Waals surface area contributed by atoms with Gasteiger partial charge >= 0.3 is 0 Å². The molecule has 0 saturated heterocycles. The zero-order valence-electron chi connectivity index (χ0n) is 14.5. The number of aliphatic carboxylic acids is 1. The minimum atomic E-state index is -1.19. The molecule has 0 aliphatic carbocycles. The molecule has 5 nitrogen and oxygen atoms in total. The van der Waals surface area contributed by atoms with Gasteiger partial charge < -0.3 is 23.9 Å². The molecule has 5 heteroatoms. The number of aromatic nitrogens is 1. The summed E-state index contributed by atoms with van der Waals surface area (Å²) in [5.74, 6) is -0.419. The molecule has 0 fully saturated rings. The molecule has 130 valence electrons. The highest BCUT2D eigenvalue weighted by Gasteiger charge is 2.10. The van der Waals surface area contributed by atoms with Crippen LogP contribution >= 0.6 is 0 Å². The molecule has 24 heavy (non-hydrogen) atoms. The minimum Gasteiger partial charge on any atom is -0.547 e. The second kappa shape index (κ2) is 8.55. The van der Waals surface area contributed by atoms with Crippen molar-refractivity contribution in [3.63, 3.8) is 0 Å². The van der Waals surface area contributed by atoms with Gasteiger partial charge in [-0.2, -0.15) is 0 Å². The van der Waals surface area contributed by atoms with E-state index in [-0.39, 0.29) is 6.42 Å². The average molecular weight is 330 g/mol. The molecule has 0 radical (unpaired) electrons. The summed E-state index contributed by atoms with van der Waals surface area (Å²) in [7, 11) is 0. The first-order valence-electron chi connectivity index (χ1n) is 8.18. The van der Waals surface area contributed by atoms with Gasteiger partial charge in [0, 0.05) is 24.4 Å². The lowest BCUT2D eigenvalue weighted by Gasteiger charge is -2.18. The number of nitrogens with zero attached hydrogens (tertiary/aromatic N) is 1. The van der Waals surface area contributed by atoms with Gasteiger partial charge in [-0.3, -0.25) is 0 Å². The van der Waals surface area contributed by atoms with Crippen molar-refractivity contribution in [2.75, 3.05) is 13.2 Å². The summed E-state index contributed by atoms with van der Waals surface area (Å²) in [6.45, 7) is 7.64. The Bertz CT molecular complexity index is 641. The monoisotopic (exact) mass is 330 g/mol. The first-order valence-corrected chi connectivity index (χ1v) is 8.18. The van der Waals surface area contributed by atoms with Crippen LogP contribution in [0, 0.1) is 13.8 Å². The highest BCUT2D eigenvalue weighted by Crippen LogP contribution is 2.15. The minimum absolute atomic E-state index is 0.290. The van der Waals surface area contributed by atoms with Crippen LogP contribution in [-0.4, -0.2) is 29.9 Å². The second-order valence-electron chi connectivity index (χ2n) is 5.73. The van der Waals surface area contributed by atoms with Crippen LogP contribution in [0.2, 0.25) is 0 Å². The summed E-state index contributed by atoms with van der Waals surface area (Å²) in [6, 6.07) is 11.6. The molecule has 1 atom stereocenters. The van der Waals surface area contributed by atoms with Gasteiger partial charge in [-0.25, -0.2) is 0 Å². The Morgan fingerprint density at radius 2 is 1.75 bits per heavy atom. The molecule has 0 saturated carbocycles. The van der Waals surface area contributed by atoms with E-state index < -0.39 is 12.1 Å². The third-order valence-electron chi connectivity index (χ3n) is 3.98. The molecule has 0 spiro atoms. The average Bonchev–Trinajstić information content (AvgIpc) is 2.87. The molecule has 2 rings (SSSR count). The molecule has 1 aromatic heterocycles. The fourth-order valence-electron chi connectivity index (χ4n) is 2.65. The molecule has 0 aliphatic rings. The Hall–Kier alpha value is -2.27. The maximum Gasteiger partial charge on any atom is 0.119 e. The number of benzene rings is 1. The highest BCUT2D eigenvalue weighted by molar-refractivity contribution is 5.70. The SMILES string of the molecule is CCO[C@@H](Cc1ccc(OCCn2c(C)ccc2C)cc1)C(=O)[O-]. The third-order valence-corrected chi connectivity index (χ3v) is 3.98. The molecule has 0 unspecified atom stereocenters. The summed E-state index contributed by atoms with van der Waals surface area (Å²) in [4.78, 5) is 11.0. The van der Waals surface area contributed by atoms with E-state index in [0.29, 0.717) is 13.2 Å². The number of hydrogen-bond acceptors (Lipinski definition) is 4. The van der Waals surface area contributed by atoms with Gasteiger partial charge in [0.05, 0.1) is 12.5 Å². The molecule has 2 aromatic rings. The van der Waals surface area contributed by atoms with Gasteiger partial charge in [-0.05, 0) is 50.6 Å². The first-order chi connectivity index (χ1) is 11.5. The number of carboxylic acids is 1. The van der Waals surface area contributed by atoms with Crippen LogP contribution in [0.3, 0.4) is 0 Å². The van der Waals surface area contributed by atoms with Gasteiger partial charge in [0.15, 0.2) is 0 Å². The van der Waals surface area contributed by atoms with E-state index in [0.717, 1.165) is 17.9 Å². The van der Waals surface area contributed by atoms with Gasteiger partial charge in [0.1, 0.15) is 18.5 Å². The maximum atomic E-state index is 11.0. The standard InChI is InChI=1S/C19H25NO4/c1-4-23-18(19(21)22)13-16-7-9-17(10-8-16)24-12-11-20-14(2)5-6-15(20)3/h5-10,18H,4,11-13H2,1-3H3,(H,21,22)/p-1/t18-/m0/s1. The van der Waals surface area contributed by atoms with Crippen LogP contribution in [0.5, 0.6) is 5.75 Å². The zero-order valence-corrected chi connectivity index (χ0v) is 14.5. The highest BCUT2D eigenvalue weighted by atomic mass is 16.5. The lowest BCUT2D eigenvalue weighted by atomic mass is 10.1.